The van der Waals surface area contributed by atoms with Crippen molar-refractivity contribution in [1.82, 2.24) is 20.0 Å². The van der Waals surface area contributed by atoms with E-state index in [-0.39, 0.29) is 31.7 Å². The topological polar surface area (TPSA) is 140 Å². The van der Waals surface area contributed by atoms with Gasteiger partial charge < -0.3 is 19.9 Å². The highest BCUT2D eigenvalue weighted by atomic mass is 32.2. The van der Waals surface area contributed by atoms with Gasteiger partial charge in [0.25, 0.3) is 0 Å². The van der Waals surface area contributed by atoms with Gasteiger partial charge in [-0.2, -0.15) is 18.4 Å². The number of hydrogen-bond acceptors (Lipinski definition) is 8. The van der Waals surface area contributed by atoms with E-state index < -0.39 is 61.2 Å². The maximum atomic E-state index is 13.9. The molecule has 0 aromatic heterocycles. The van der Waals surface area contributed by atoms with E-state index >= 15 is 0 Å². The van der Waals surface area contributed by atoms with Crippen LogP contribution >= 0.6 is 0 Å². The summed E-state index contributed by atoms with van der Waals surface area (Å²) >= 11 is 0. The van der Waals surface area contributed by atoms with Crippen LogP contribution in [0.3, 0.4) is 0 Å². The maximum absolute atomic E-state index is 13.9. The van der Waals surface area contributed by atoms with E-state index in [9.17, 15) is 41.2 Å². The second-order valence-electron chi connectivity index (χ2n) is 11.6. The summed E-state index contributed by atoms with van der Waals surface area (Å²) in [7, 11) is -4.36. The quantitative estimate of drug-likeness (QED) is 0.487. The first-order chi connectivity index (χ1) is 20.3. The standard InChI is InChI=1S/C28H34F3N5O6S/c1-2-42-26(39)34-11-6-19(7-12-34)35-13-8-22(35)25(38)36-16-21(15-23(36)24(37)33-27(17-32)9-10-27)43(40,41)20-5-3-4-18(14-20)28(29,30)31/h3-5,14,19,21-23H,2,6-13,15-16H2,1H3,(H,33,37)/t21-,22?,23+/m1/s1. The highest BCUT2D eigenvalue weighted by Gasteiger charge is 2.52. The Bertz CT molecular complexity index is 1420. The minimum atomic E-state index is -4.75. The lowest BCUT2D eigenvalue weighted by atomic mass is 9.93. The summed E-state index contributed by atoms with van der Waals surface area (Å²) in [5.74, 6) is -1.08. The van der Waals surface area contributed by atoms with Gasteiger partial charge in [0.2, 0.25) is 11.8 Å². The number of rotatable bonds is 7. The lowest BCUT2D eigenvalue weighted by Gasteiger charge is -2.48. The first-order valence-electron chi connectivity index (χ1n) is 14.4. The summed E-state index contributed by atoms with van der Waals surface area (Å²) in [6.07, 6.45) is -2.85. The van der Waals surface area contributed by atoms with Crippen molar-refractivity contribution in [3.05, 3.63) is 29.8 Å². The molecule has 1 aromatic carbocycles. The van der Waals surface area contributed by atoms with Crippen molar-refractivity contribution in [2.45, 2.75) is 85.4 Å². The summed E-state index contributed by atoms with van der Waals surface area (Å²) in [6.45, 7) is 3.18. The smallest absolute Gasteiger partial charge is 0.416 e. The largest absolute Gasteiger partial charge is 0.450 e. The van der Waals surface area contributed by atoms with Crippen LogP contribution in [0.4, 0.5) is 18.0 Å². The van der Waals surface area contributed by atoms with Gasteiger partial charge in [-0.3, -0.25) is 14.5 Å². The number of sulfone groups is 1. The molecule has 3 aliphatic heterocycles. The highest BCUT2D eigenvalue weighted by molar-refractivity contribution is 7.92. The van der Waals surface area contributed by atoms with Gasteiger partial charge in [-0.15, -0.1) is 0 Å². The van der Waals surface area contributed by atoms with E-state index in [0.29, 0.717) is 57.8 Å². The molecule has 3 amide bonds. The number of nitriles is 1. The van der Waals surface area contributed by atoms with Gasteiger partial charge in [-0.1, -0.05) is 6.07 Å². The van der Waals surface area contributed by atoms with Crippen molar-refractivity contribution in [2.24, 2.45) is 0 Å². The van der Waals surface area contributed by atoms with Crippen molar-refractivity contribution in [1.29, 1.82) is 5.26 Å². The molecule has 1 unspecified atom stereocenters. The van der Waals surface area contributed by atoms with Gasteiger partial charge in [0.15, 0.2) is 9.84 Å². The van der Waals surface area contributed by atoms with Gasteiger partial charge in [0.05, 0.1) is 34.4 Å². The molecule has 234 valence electrons. The lowest BCUT2D eigenvalue weighted by molar-refractivity contribution is -0.148. The van der Waals surface area contributed by atoms with Gasteiger partial charge in [0.1, 0.15) is 11.6 Å². The number of amides is 3. The van der Waals surface area contributed by atoms with E-state index in [2.05, 4.69) is 5.32 Å². The molecule has 3 saturated heterocycles. The number of ether oxygens (including phenoxy) is 1. The number of nitrogens with one attached hydrogen (secondary N) is 1. The number of halogens is 3. The number of piperidine rings is 1. The average molecular weight is 626 g/mol. The Labute approximate surface area is 247 Å². The minimum Gasteiger partial charge on any atom is -0.450 e. The lowest BCUT2D eigenvalue weighted by Crippen LogP contribution is -2.63. The molecular weight excluding hydrogens is 591 g/mol. The second kappa shape index (κ2) is 11.6. The van der Waals surface area contributed by atoms with Crippen LogP contribution in [0.15, 0.2) is 29.2 Å². The van der Waals surface area contributed by atoms with Crippen molar-refractivity contribution < 1.29 is 40.7 Å². The second-order valence-corrected chi connectivity index (χ2v) is 13.8. The molecule has 4 aliphatic rings. The summed E-state index contributed by atoms with van der Waals surface area (Å²) in [4.78, 5) is 43.7. The SMILES string of the molecule is CCOC(=O)N1CCC(N2CCC2C(=O)N2C[C@H](S(=O)(=O)c3cccc(C(F)(F)F)c3)C[C@H]2C(=O)NC2(C#N)CC2)CC1. The fourth-order valence-corrected chi connectivity index (χ4v) is 7.90. The van der Waals surface area contributed by atoms with Crippen LogP contribution in [0.2, 0.25) is 0 Å². The van der Waals surface area contributed by atoms with E-state index in [1.807, 2.05) is 11.0 Å². The van der Waals surface area contributed by atoms with Crippen molar-refractivity contribution in [2.75, 3.05) is 32.8 Å². The minimum absolute atomic E-state index is 0.00113. The van der Waals surface area contributed by atoms with Gasteiger partial charge in [-0.25, -0.2) is 13.2 Å². The summed E-state index contributed by atoms with van der Waals surface area (Å²) in [5, 5.41) is 10.8. The first kappa shape index (κ1) is 31.1. The molecule has 0 bridgehead atoms. The van der Waals surface area contributed by atoms with E-state index in [1.165, 1.54) is 4.90 Å². The zero-order valence-corrected chi connectivity index (χ0v) is 24.5. The van der Waals surface area contributed by atoms with Gasteiger partial charge >= 0.3 is 12.3 Å². The third kappa shape index (κ3) is 6.17. The van der Waals surface area contributed by atoms with Gasteiger partial charge in [-0.05, 0) is 63.6 Å². The summed E-state index contributed by atoms with van der Waals surface area (Å²) in [6, 6.07) is 3.69. The molecule has 43 heavy (non-hydrogen) atoms. The first-order valence-corrected chi connectivity index (χ1v) is 16.0. The fourth-order valence-electron chi connectivity index (χ4n) is 6.16. The van der Waals surface area contributed by atoms with Crippen LogP contribution in [0.1, 0.15) is 51.0 Å². The molecule has 1 aliphatic carbocycles. The van der Waals surface area contributed by atoms with Crippen molar-refractivity contribution in [3.8, 4) is 6.07 Å². The molecule has 0 radical (unpaired) electrons. The normalized spacial score (nSPS) is 25.9. The van der Waals surface area contributed by atoms with E-state index in [0.717, 1.165) is 18.2 Å². The monoisotopic (exact) mass is 625 g/mol. The molecule has 1 aromatic rings. The number of nitrogens with zero attached hydrogens (tertiary/aromatic N) is 4. The zero-order valence-electron chi connectivity index (χ0n) is 23.7. The number of carbonyl (C=O) groups is 3. The Morgan fingerprint density at radius 3 is 2.37 bits per heavy atom. The third-order valence-corrected chi connectivity index (χ3v) is 11.0. The molecule has 3 atom stereocenters. The molecule has 0 spiro atoms. The zero-order chi connectivity index (χ0) is 31.2. The summed E-state index contributed by atoms with van der Waals surface area (Å²) < 4.78 is 72.2. The Balaban J connectivity index is 1.34. The predicted octanol–water partition coefficient (Wildman–Crippen LogP) is 2.32. The molecular formula is C28H34F3N5O6S. The number of hydrogen-bond donors (Lipinski definition) is 1. The Morgan fingerprint density at radius 2 is 1.81 bits per heavy atom. The van der Waals surface area contributed by atoms with Crippen LogP contribution < -0.4 is 5.32 Å². The highest BCUT2D eigenvalue weighted by Crippen LogP contribution is 2.38. The Morgan fingerprint density at radius 1 is 1.12 bits per heavy atom. The number of likely N-dealkylation sites (tertiary alicyclic amines) is 3. The fraction of sp³-hybridized carbons (Fsp3) is 0.643. The molecule has 1 N–H and O–H groups in total. The van der Waals surface area contributed by atoms with Crippen LogP contribution in [-0.2, 0) is 30.3 Å². The Kier molecular flexibility index (Phi) is 8.38. The summed E-state index contributed by atoms with van der Waals surface area (Å²) in [5.41, 5.74) is -2.17. The van der Waals surface area contributed by atoms with Crippen molar-refractivity contribution in [3.63, 3.8) is 0 Å². The maximum Gasteiger partial charge on any atom is 0.416 e. The van der Waals surface area contributed by atoms with Gasteiger partial charge in [0, 0.05) is 32.2 Å². The molecule has 15 heteroatoms. The third-order valence-electron chi connectivity index (χ3n) is 8.91. The van der Waals surface area contributed by atoms with Crippen molar-refractivity contribution >= 4 is 27.7 Å². The number of alkyl halides is 3. The number of carbonyl (C=O) groups excluding carboxylic acids is 3. The van der Waals surface area contributed by atoms with Crippen LogP contribution in [0, 0.1) is 11.3 Å². The molecule has 3 heterocycles. The predicted molar refractivity (Wildman–Crippen MR) is 145 cm³/mol. The van der Waals surface area contributed by atoms with E-state index in [1.54, 1.807) is 11.8 Å². The molecule has 11 nitrogen and oxygen atoms in total. The van der Waals surface area contributed by atoms with Crippen LogP contribution in [-0.4, -0.2) is 103 Å². The Hall–Kier alpha value is -3.38. The van der Waals surface area contributed by atoms with Crippen LogP contribution in [0.5, 0.6) is 0 Å². The van der Waals surface area contributed by atoms with Crippen LogP contribution in [0.25, 0.3) is 0 Å². The molecule has 4 fully saturated rings. The average Bonchev–Trinajstić information content (AvgIpc) is 3.57. The van der Waals surface area contributed by atoms with E-state index in [4.69, 9.17) is 4.74 Å². The molecule has 5 rings (SSSR count). The number of benzene rings is 1. The molecule has 1 saturated carbocycles.